The van der Waals surface area contributed by atoms with Crippen LogP contribution in [0.2, 0.25) is 0 Å². The van der Waals surface area contributed by atoms with Crippen molar-refractivity contribution in [2.24, 2.45) is 0 Å². The largest absolute Gasteiger partial charge is 0.462 e. The first-order chi connectivity index (χ1) is 9.27. The fourth-order valence-electron chi connectivity index (χ4n) is 1.48. The molecular formula is C12H13BrClFO4S. The number of benzene rings is 1. The number of rotatable bonds is 6. The predicted molar refractivity (Wildman–Crippen MR) is 76.9 cm³/mol. The number of ether oxygens (including phenoxy) is 1. The minimum absolute atomic E-state index is 0.102. The zero-order valence-corrected chi connectivity index (χ0v) is 13.8. The minimum atomic E-state index is -4.16. The maximum atomic E-state index is 13.4. The number of carbonyl (C=O) groups excluding carboxylic acids is 1. The molecule has 0 saturated carbocycles. The fourth-order valence-corrected chi connectivity index (χ4v) is 3.74. The lowest BCUT2D eigenvalue weighted by Crippen LogP contribution is -2.09. The summed E-state index contributed by atoms with van der Waals surface area (Å²) >= 11 is 2.94. The van der Waals surface area contributed by atoms with Crippen LogP contribution in [0, 0.1) is 5.82 Å². The molecular weight excluding hydrogens is 375 g/mol. The Morgan fingerprint density at radius 3 is 2.60 bits per heavy atom. The molecule has 0 aliphatic rings. The molecule has 112 valence electrons. The summed E-state index contributed by atoms with van der Waals surface area (Å²) in [6, 6.07) is 1.64. The molecule has 0 aromatic heterocycles. The van der Waals surface area contributed by atoms with Crippen LogP contribution in [0.3, 0.4) is 0 Å². The normalized spacial score (nSPS) is 11.4. The third-order valence-corrected chi connectivity index (χ3v) is 4.93. The first-order valence-corrected chi connectivity index (χ1v) is 8.98. The van der Waals surface area contributed by atoms with Gasteiger partial charge in [-0.3, -0.25) is 0 Å². The lowest BCUT2D eigenvalue weighted by Gasteiger charge is -2.09. The minimum Gasteiger partial charge on any atom is -0.462 e. The maximum absolute atomic E-state index is 13.4. The summed E-state index contributed by atoms with van der Waals surface area (Å²) in [5.74, 6) is -1.68. The number of unbranched alkanes of at least 4 members (excludes halogenated alkanes) is 2. The Labute approximate surface area is 129 Å². The van der Waals surface area contributed by atoms with Crippen molar-refractivity contribution < 1.29 is 22.3 Å². The number of halogens is 3. The van der Waals surface area contributed by atoms with Crippen LogP contribution < -0.4 is 0 Å². The van der Waals surface area contributed by atoms with E-state index in [4.69, 9.17) is 15.4 Å². The number of hydrogen-bond donors (Lipinski definition) is 0. The number of carbonyl (C=O) groups is 1. The molecule has 0 radical (unpaired) electrons. The topological polar surface area (TPSA) is 60.4 Å². The highest BCUT2D eigenvalue weighted by Crippen LogP contribution is 2.30. The van der Waals surface area contributed by atoms with E-state index in [1.54, 1.807) is 0 Å². The maximum Gasteiger partial charge on any atom is 0.339 e. The van der Waals surface area contributed by atoms with Crippen molar-refractivity contribution in [2.75, 3.05) is 6.61 Å². The number of esters is 1. The van der Waals surface area contributed by atoms with Crippen LogP contribution in [0.15, 0.2) is 21.5 Å². The molecule has 0 N–H and O–H groups in total. The van der Waals surface area contributed by atoms with E-state index in [0.29, 0.717) is 6.42 Å². The van der Waals surface area contributed by atoms with Gasteiger partial charge in [0.2, 0.25) is 0 Å². The van der Waals surface area contributed by atoms with Crippen LogP contribution in [0.1, 0.15) is 36.5 Å². The first-order valence-electron chi connectivity index (χ1n) is 5.88. The molecule has 0 saturated heterocycles. The Kier molecular flexibility index (Phi) is 6.42. The van der Waals surface area contributed by atoms with Gasteiger partial charge in [0, 0.05) is 10.7 Å². The summed E-state index contributed by atoms with van der Waals surface area (Å²) in [4.78, 5) is 11.3. The van der Waals surface area contributed by atoms with Crippen LogP contribution >= 0.6 is 26.6 Å². The van der Waals surface area contributed by atoms with E-state index < -0.39 is 25.7 Å². The Hall–Kier alpha value is -0.660. The Morgan fingerprint density at radius 2 is 2.05 bits per heavy atom. The molecule has 0 spiro atoms. The van der Waals surface area contributed by atoms with Crippen molar-refractivity contribution in [3.05, 3.63) is 28.0 Å². The molecule has 0 atom stereocenters. The van der Waals surface area contributed by atoms with Gasteiger partial charge in [-0.2, -0.15) is 0 Å². The van der Waals surface area contributed by atoms with E-state index in [9.17, 15) is 17.6 Å². The zero-order valence-electron chi connectivity index (χ0n) is 10.7. The van der Waals surface area contributed by atoms with E-state index >= 15 is 0 Å². The quantitative estimate of drug-likeness (QED) is 0.422. The molecule has 1 rings (SSSR count). The Balaban J connectivity index is 3.01. The average molecular weight is 388 g/mol. The fraction of sp³-hybridized carbons (Fsp3) is 0.417. The van der Waals surface area contributed by atoms with Gasteiger partial charge in [0.05, 0.1) is 16.6 Å². The second-order valence-electron chi connectivity index (χ2n) is 4.05. The van der Waals surface area contributed by atoms with E-state index in [0.717, 1.165) is 25.0 Å². The average Bonchev–Trinajstić information content (AvgIpc) is 2.35. The summed E-state index contributed by atoms with van der Waals surface area (Å²) in [5, 5.41) is 0. The lowest BCUT2D eigenvalue weighted by molar-refractivity contribution is 0.0496. The van der Waals surface area contributed by atoms with Gasteiger partial charge in [-0.1, -0.05) is 19.8 Å². The lowest BCUT2D eigenvalue weighted by atomic mass is 10.2. The monoisotopic (exact) mass is 386 g/mol. The highest BCUT2D eigenvalue weighted by Gasteiger charge is 2.23. The van der Waals surface area contributed by atoms with Crippen molar-refractivity contribution in [1.82, 2.24) is 0 Å². The van der Waals surface area contributed by atoms with Crippen molar-refractivity contribution in [3.63, 3.8) is 0 Å². The molecule has 0 unspecified atom stereocenters. The summed E-state index contributed by atoms with van der Waals surface area (Å²) in [6.07, 6.45) is 2.56. The van der Waals surface area contributed by atoms with E-state index in [1.807, 2.05) is 6.92 Å². The molecule has 1 aromatic rings. The standard InChI is InChI=1S/C12H13BrClFO4S/c1-2-3-4-5-19-12(16)9-6-8(15)7-10(11(9)13)20(14,17)18/h6-7H,2-5H2,1H3. The van der Waals surface area contributed by atoms with Gasteiger partial charge in [0.1, 0.15) is 10.7 Å². The summed E-state index contributed by atoms with van der Waals surface area (Å²) in [6.45, 7) is 2.20. The summed E-state index contributed by atoms with van der Waals surface area (Å²) in [5.41, 5.74) is -0.208. The second kappa shape index (κ2) is 7.38. The molecule has 0 bridgehead atoms. The number of hydrogen-bond acceptors (Lipinski definition) is 4. The van der Waals surface area contributed by atoms with Gasteiger partial charge in [-0.25, -0.2) is 17.6 Å². The van der Waals surface area contributed by atoms with Crippen molar-refractivity contribution >= 4 is 41.6 Å². The van der Waals surface area contributed by atoms with E-state index in [-0.39, 0.29) is 16.6 Å². The first kappa shape index (κ1) is 17.4. The van der Waals surface area contributed by atoms with Crippen molar-refractivity contribution in [1.29, 1.82) is 0 Å². The predicted octanol–water partition coefficient (Wildman–Crippen LogP) is 3.86. The van der Waals surface area contributed by atoms with Crippen LogP contribution in [0.5, 0.6) is 0 Å². The zero-order chi connectivity index (χ0) is 15.3. The third-order valence-electron chi connectivity index (χ3n) is 2.47. The summed E-state index contributed by atoms with van der Waals surface area (Å²) < 4.78 is 40.8. The second-order valence-corrected chi connectivity index (χ2v) is 7.37. The molecule has 0 amide bonds. The highest BCUT2D eigenvalue weighted by atomic mass is 79.9. The molecule has 0 aliphatic carbocycles. The molecule has 1 aromatic carbocycles. The van der Waals surface area contributed by atoms with Crippen LogP contribution in [0.4, 0.5) is 4.39 Å². The molecule has 20 heavy (non-hydrogen) atoms. The molecule has 8 heteroatoms. The van der Waals surface area contributed by atoms with Gasteiger partial charge in [0.15, 0.2) is 0 Å². The van der Waals surface area contributed by atoms with Gasteiger partial charge < -0.3 is 4.74 Å². The van der Waals surface area contributed by atoms with Gasteiger partial charge in [-0.05, 0) is 34.5 Å². The highest BCUT2D eigenvalue weighted by molar-refractivity contribution is 9.10. The van der Waals surface area contributed by atoms with E-state index in [2.05, 4.69) is 15.9 Å². The molecule has 4 nitrogen and oxygen atoms in total. The van der Waals surface area contributed by atoms with Crippen LogP contribution in [-0.2, 0) is 13.8 Å². The summed E-state index contributed by atoms with van der Waals surface area (Å²) in [7, 11) is 1.02. The molecule has 0 aliphatic heterocycles. The Morgan fingerprint density at radius 1 is 1.40 bits per heavy atom. The van der Waals surface area contributed by atoms with Gasteiger partial charge in [-0.15, -0.1) is 0 Å². The Bertz CT molecular complexity index is 604. The van der Waals surface area contributed by atoms with Crippen LogP contribution in [-0.4, -0.2) is 21.0 Å². The molecule has 0 fully saturated rings. The third kappa shape index (κ3) is 4.71. The van der Waals surface area contributed by atoms with Crippen molar-refractivity contribution in [2.45, 2.75) is 31.1 Å². The van der Waals surface area contributed by atoms with Gasteiger partial charge >= 0.3 is 5.97 Å². The van der Waals surface area contributed by atoms with Crippen molar-refractivity contribution in [3.8, 4) is 0 Å². The van der Waals surface area contributed by atoms with Crippen LogP contribution in [0.25, 0.3) is 0 Å². The van der Waals surface area contributed by atoms with Gasteiger partial charge in [0.25, 0.3) is 9.05 Å². The SMILES string of the molecule is CCCCCOC(=O)c1cc(F)cc(S(=O)(=O)Cl)c1Br. The smallest absolute Gasteiger partial charge is 0.339 e. The van der Waals surface area contributed by atoms with E-state index in [1.165, 1.54) is 0 Å². The molecule has 0 heterocycles.